The third-order valence-electron chi connectivity index (χ3n) is 3.32. The molecule has 0 aliphatic heterocycles. The van der Waals surface area contributed by atoms with Crippen LogP contribution in [0.1, 0.15) is 18.9 Å². The molecule has 112 valence electrons. The second-order valence-corrected chi connectivity index (χ2v) is 5.79. The zero-order valence-corrected chi connectivity index (χ0v) is 13.9. The summed E-state index contributed by atoms with van der Waals surface area (Å²) in [5.74, 6) is 2.21. The number of nitrogens with two attached hydrogens (primary N) is 1. The summed E-state index contributed by atoms with van der Waals surface area (Å²) in [6.45, 7) is 2.09. The molecule has 21 heavy (non-hydrogen) atoms. The number of hydrogen-bond donors (Lipinski definition) is 1. The fourth-order valence-electron chi connectivity index (χ4n) is 2.04. The molecule has 2 N–H and O–H groups in total. The van der Waals surface area contributed by atoms with E-state index in [1.165, 1.54) is 0 Å². The van der Waals surface area contributed by atoms with Gasteiger partial charge in [-0.1, -0.05) is 41.1 Å². The summed E-state index contributed by atoms with van der Waals surface area (Å²) < 4.78 is 12.3. The maximum absolute atomic E-state index is 6.07. The summed E-state index contributed by atoms with van der Waals surface area (Å²) >= 11 is 3.49. The van der Waals surface area contributed by atoms with Crippen LogP contribution < -0.4 is 15.2 Å². The Balaban J connectivity index is 2.31. The second kappa shape index (κ2) is 7.48. The van der Waals surface area contributed by atoms with Crippen LogP contribution in [0.5, 0.6) is 17.2 Å². The summed E-state index contributed by atoms with van der Waals surface area (Å²) in [7, 11) is 1.64. The van der Waals surface area contributed by atoms with Crippen LogP contribution in [0.4, 0.5) is 0 Å². The van der Waals surface area contributed by atoms with E-state index < -0.39 is 0 Å². The van der Waals surface area contributed by atoms with Gasteiger partial charge in [0.1, 0.15) is 5.75 Å². The number of para-hydroxylation sites is 2. The van der Waals surface area contributed by atoms with E-state index in [0.717, 1.165) is 28.6 Å². The van der Waals surface area contributed by atoms with Gasteiger partial charge in [-0.3, -0.25) is 0 Å². The highest BCUT2D eigenvalue weighted by Crippen LogP contribution is 2.34. The van der Waals surface area contributed by atoms with Crippen LogP contribution in [0, 0.1) is 0 Å². The number of hydrogen-bond acceptors (Lipinski definition) is 3. The Morgan fingerprint density at radius 3 is 2.48 bits per heavy atom. The molecule has 1 atom stereocenters. The topological polar surface area (TPSA) is 44.5 Å². The Kier molecular flexibility index (Phi) is 5.65. The lowest BCUT2D eigenvalue weighted by molar-refractivity contribution is 0.377. The Morgan fingerprint density at radius 2 is 1.81 bits per heavy atom. The molecular weight excluding hydrogens is 330 g/mol. The van der Waals surface area contributed by atoms with Gasteiger partial charge in [0, 0.05) is 10.5 Å². The Morgan fingerprint density at radius 1 is 1.10 bits per heavy atom. The van der Waals surface area contributed by atoms with Gasteiger partial charge in [-0.15, -0.1) is 0 Å². The molecule has 0 saturated carbocycles. The monoisotopic (exact) mass is 349 g/mol. The van der Waals surface area contributed by atoms with Crippen molar-refractivity contribution in [1.82, 2.24) is 0 Å². The first-order valence-electron chi connectivity index (χ1n) is 6.99. The fourth-order valence-corrected chi connectivity index (χ4v) is 2.38. The molecule has 0 saturated heterocycles. The zero-order chi connectivity index (χ0) is 15.2. The first-order valence-corrected chi connectivity index (χ1v) is 7.78. The van der Waals surface area contributed by atoms with E-state index in [2.05, 4.69) is 22.9 Å². The normalized spacial score (nSPS) is 12.0. The number of methoxy groups -OCH3 is 1. The standard InChI is InChI=1S/C17H20BrNO2/c1-3-14(19)10-12-8-9-13(18)11-17(12)21-16-7-5-4-6-15(16)20-2/h4-9,11,14H,3,10,19H2,1-2H3. The van der Waals surface area contributed by atoms with Gasteiger partial charge in [-0.25, -0.2) is 0 Å². The Hall–Kier alpha value is -1.52. The van der Waals surface area contributed by atoms with Crippen LogP contribution in [-0.4, -0.2) is 13.2 Å². The molecule has 0 heterocycles. The van der Waals surface area contributed by atoms with E-state index in [-0.39, 0.29) is 6.04 Å². The van der Waals surface area contributed by atoms with Crippen LogP contribution in [-0.2, 0) is 6.42 Å². The van der Waals surface area contributed by atoms with Gasteiger partial charge in [0.05, 0.1) is 7.11 Å². The van der Waals surface area contributed by atoms with Crippen molar-refractivity contribution in [2.75, 3.05) is 7.11 Å². The summed E-state index contributed by atoms with van der Waals surface area (Å²) in [5, 5.41) is 0. The molecule has 0 aromatic heterocycles. The maximum atomic E-state index is 6.07. The second-order valence-electron chi connectivity index (χ2n) is 4.88. The van der Waals surface area contributed by atoms with Crippen molar-refractivity contribution in [3.63, 3.8) is 0 Å². The van der Waals surface area contributed by atoms with E-state index in [4.69, 9.17) is 15.2 Å². The van der Waals surface area contributed by atoms with Crippen molar-refractivity contribution in [3.8, 4) is 17.2 Å². The van der Waals surface area contributed by atoms with E-state index >= 15 is 0 Å². The molecule has 3 nitrogen and oxygen atoms in total. The molecule has 2 aromatic carbocycles. The molecule has 4 heteroatoms. The van der Waals surface area contributed by atoms with Gasteiger partial charge >= 0.3 is 0 Å². The highest BCUT2D eigenvalue weighted by atomic mass is 79.9. The minimum Gasteiger partial charge on any atom is -0.493 e. The van der Waals surface area contributed by atoms with E-state index in [0.29, 0.717) is 11.5 Å². The Bertz CT molecular complexity index is 601. The summed E-state index contributed by atoms with van der Waals surface area (Å²) in [4.78, 5) is 0. The third-order valence-corrected chi connectivity index (χ3v) is 3.82. The van der Waals surface area contributed by atoms with Crippen molar-refractivity contribution in [2.24, 2.45) is 5.73 Å². The molecule has 1 unspecified atom stereocenters. The number of ether oxygens (including phenoxy) is 2. The van der Waals surface area contributed by atoms with Crippen molar-refractivity contribution in [2.45, 2.75) is 25.8 Å². The maximum Gasteiger partial charge on any atom is 0.169 e. The van der Waals surface area contributed by atoms with Crippen molar-refractivity contribution < 1.29 is 9.47 Å². The highest BCUT2D eigenvalue weighted by Gasteiger charge is 2.11. The zero-order valence-electron chi connectivity index (χ0n) is 12.3. The van der Waals surface area contributed by atoms with Crippen LogP contribution in [0.15, 0.2) is 46.9 Å². The lowest BCUT2D eigenvalue weighted by atomic mass is 10.0. The van der Waals surface area contributed by atoms with Crippen molar-refractivity contribution in [1.29, 1.82) is 0 Å². The van der Waals surface area contributed by atoms with E-state index in [1.54, 1.807) is 7.11 Å². The van der Waals surface area contributed by atoms with Crippen LogP contribution in [0.2, 0.25) is 0 Å². The fraction of sp³-hybridized carbons (Fsp3) is 0.294. The van der Waals surface area contributed by atoms with Gasteiger partial charge in [0.25, 0.3) is 0 Å². The van der Waals surface area contributed by atoms with E-state index in [9.17, 15) is 0 Å². The number of halogens is 1. The molecular formula is C17H20BrNO2. The minimum absolute atomic E-state index is 0.131. The molecule has 0 bridgehead atoms. The smallest absolute Gasteiger partial charge is 0.169 e. The van der Waals surface area contributed by atoms with Crippen molar-refractivity contribution in [3.05, 3.63) is 52.5 Å². The van der Waals surface area contributed by atoms with Gasteiger partial charge in [0.15, 0.2) is 11.5 Å². The molecule has 0 amide bonds. The summed E-state index contributed by atoms with van der Waals surface area (Å²) in [6.07, 6.45) is 1.72. The van der Waals surface area contributed by atoms with Gasteiger partial charge in [-0.2, -0.15) is 0 Å². The summed E-state index contributed by atoms with van der Waals surface area (Å²) in [6, 6.07) is 13.8. The SMILES string of the molecule is CCC(N)Cc1ccc(Br)cc1Oc1ccccc1OC. The predicted molar refractivity (Wildman–Crippen MR) is 89.2 cm³/mol. The first-order chi connectivity index (χ1) is 10.1. The van der Waals surface area contributed by atoms with Gasteiger partial charge in [0.2, 0.25) is 0 Å². The molecule has 0 fully saturated rings. The molecule has 2 aromatic rings. The quantitative estimate of drug-likeness (QED) is 0.833. The lowest BCUT2D eigenvalue weighted by Gasteiger charge is -2.16. The van der Waals surface area contributed by atoms with Crippen LogP contribution in [0.3, 0.4) is 0 Å². The molecule has 0 aliphatic rings. The average molecular weight is 350 g/mol. The van der Waals surface area contributed by atoms with Crippen LogP contribution in [0.25, 0.3) is 0 Å². The minimum atomic E-state index is 0.131. The Labute approximate surface area is 134 Å². The summed E-state index contributed by atoms with van der Waals surface area (Å²) in [5.41, 5.74) is 7.17. The molecule has 2 rings (SSSR count). The molecule has 0 radical (unpaired) electrons. The first kappa shape index (κ1) is 15.9. The third kappa shape index (κ3) is 4.22. The molecule has 0 spiro atoms. The lowest BCUT2D eigenvalue weighted by Crippen LogP contribution is -2.21. The van der Waals surface area contributed by atoms with E-state index in [1.807, 2.05) is 42.5 Å². The molecule has 0 aliphatic carbocycles. The largest absolute Gasteiger partial charge is 0.493 e. The van der Waals surface area contributed by atoms with Gasteiger partial charge < -0.3 is 15.2 Å². The highest BCUT2D eigenvalue weighted by molar-refractivity contribution is 9.10. The average Bonchev–Trinajstić information content (AvgIpc) is 2.50. The van der Waals surface area contributed by atoms with Crippen molar-refractivity contribution >= 4 is 15.9 Å². The predicted octanol–water partition coefficient (Wildman–Crippen LogP) is 4.53. The number of rotatable bonds is 6. The number of benzene rings is 2. The van der Waals surface area contributed by atoms with Crippen LogP contribution >= 0.6 is 15.9 Å². The van der Waals surface area contributed by atoms with Gasteiger partial charge in [-0.05, 0) is 42.7 Å².